The maximum absolute atomic E-state index is 6.68. The van der Waals surface area contributed by atoms with E-state index in [9.17, 15) is 0 Å². The number of ether oxygens (including phenoxy) is 2. The van der Waals surface area contributed by atoms with Crippen LogP contribution in [-0.4, -0.2) is 5.91 Å². The highest BCUT2D eigenvalue weighted by Gasteiger charge is 2.65. The molecule has 2 heterocycles. The van der Waals surface area contributed by atoms with E-state index in [1.54, 1.807) is 0 Å². The van der Waals surface area contributed by atoms with Crippen LogP contribution in [0.25, 0.3) is 0 Å². The summed E-state index contributed by atoms with van der Waals surface area (Å²) >= 11 is 0. The number of aryl methyl sites for hydroxylation is 2. The van der Waals surface area contributed by atoms with E-state index >= 15 is 0 Å². The molecule has 0 saturated heterocycles. The third kappa shape index (κ3) is 1.18. The highest BCUT2D eigenvalue weighted by Crippen LogP contribution is 2.55. The van der Waals surface area contributed by atoms with E-state index in [2.05, 4.69) is 0 Å². The third-order valence-corrected chi connectivity index (χ3v) is 4.19. The second kappa shape index (κ2) is 3.34. The van der Waals surface area contributed by atoms with Crippen molar-refractivity contribution in [1.82, 2.24) is 0 Å². The van der Waals surface area contributed by atoms with Gasteiger partial charge in [-0.1, -0.05) is 23.3 Å². The van der Waals surface area contributed by atoms with Crippen LogP contribution in [0.15, 0.2) is 36.4 Å². The van der Waals surface area contributed by atoms with E-state index in [-0.39, 0.29) is 0 Å². The maximum atomic E-state index is 6.68. The molecule has 0 bridgehead atoms. The molecule has 4 nitrogen and oxygen atoms in total. The summed E-state index contributed by atoms with van der Waals surface area (Å²) in [5.41, 5.74) is 16.0. The SMILES string of the molecule is Cc1ccc2c(c1)C1(N)c3cc(C)ccc3OC1(N)O2. The van der Waals surface area contributed by atoms with E-state index in [0.29, 0.717) is 11.5 Å². The first-order chi connectivity index (χ1) is 9.44. The zero-order valence-electron chi connectivity index (χ0n) is 11.4. The molecule has 102 valence electrons. The molecule has 0 saturated carbocycles. The van der Waals surface area contributed by atoms with E-state index in [4.69, 9.17) is 20.9 Å². The quantitative estimate of drug-likeness (QED) is 0.765. The Bertz CT molecular complexity index is 684. The Morgan fingerprint density at radius 3 is 1.70 bits per heavy atom. The fourth-order valence-electron chi connectivity index (χ4n) is 3.11. The van der Waals surface area contributed by atoms with E-state index in [0.717, 1.165) is 22.3 Å². The molecule has 2 aromatic rings. The van der Waals surface area contributed by atoms with Crippen LogP contribution >= 0.6 is 0 Å². The number of nitrogens with two attached hydrogens (primary N) is 2. The number of hydrogen-bond donors (Lipinski definition) is 2. The van der Waals surface area contributed by atoms with Crippen molar-refractivity contribution in [3.8, 4) is 11.5 Å². The van der Waals surface area contributed by atoms with Gasteiger partial charge >= 0.3 is 5.91 Å². The maximum Gasteiger partial charge on any atom is 0.338 e. The molecular formula is C16H16N2O2. The van der Waals surface area contributed by atoms with Gasteiger partial charge < -0.3 is 15.2 Å². The van der Waals surface area contributed by atoms with Crippen molar-refractivity contribution in [1.29, 1.82) is 0 Å². The van der Waals surface area contributed by atoms with E-state index in [1.165, 1.54) is 0 Å². The van der Waals surface area contributed by atoms with Crippen LogP contribution in [0.1, 0.15) is 22.3 Å². The molecule has 4 heteroatoms. The van der Waals surface area contributed by atoms with Crippen molar-refractivity contribution in [3.05, 3.63) is 58.7 Å². The van der Waals surface area contributed by atoms with Gasteiger partial charge in [0.25, 0.3) is 0 Å². The van der Waals surface area contributed by atoms with Gasteiger partial charge in [0, 0.05) is 11.1 Å². The summed E-state index contributed by atoms with van der Waals surface area (Å²) in [7, 11) is 0. The second-order valence-corrected chi connectivity index (χ2v) is 5.68. The van der Waals surface area contributed by atoms with Crippen molar-refractivity contribution >= 4 is 0 Å². The fourth-order valence-corrected chi connectivity index (χ4v) is 3.11. The Labute approximate surface area is 117 Å². The Morgan fingerprint density at radius 2 is 1.25 bits per heavy atom. The second-order valence-electron chi connectivity index (χ2n) is 5.68. The summed E-state index contributed by atoms with van der Waals surface area (Å²) in [4.78, 5) is 0. The summed E-state index contributed by atoms with van der Waals surface area (Å²) in [6, 6.07) is 11.8. The normalized spacial score (nSPS) is 29.2. The van der Waals surface area contributed by atoms with Gasteiger partial charge in [-0.05, 0) is 38.1 Å². The molecule has 0 radical (unpaired) electrons. The fraction of sp³-hybridized carbons (Fsp3) is 0.250. The molecular weight excluding hydrogens is 252 g/mol. The first kappa shape index (κ1) is 11.8. The van der Waals surface area contributed by atoms with Crippen LogP contribution in [0.4, 0.5) is 0 Å². The smallest absolute Gasteiger partial charge is 0.338 e. The molecule has 4 rings (SSSR count). The lowest BCUT2D eigenvalue weighted by Gasteiger charge is -2.30. The summed E-state index contributed by atoms with van der Waals surface area (Å²) in [6.07, 6.45) is 0. The highest BCUT2D eigenvalue weighted by atomic mass is 16.7. The zero-order valence-corrected chi connectivity index (χ0v) is 11.4. The molecule has 0 amide bonds. The van der Waals surface area contributed by atoms with Gasteiger partial charge in [0.15, 0.2) is 5.54 Å². The highest BCUT2D eigenvalue weighted by molar-refractivity contribution is 5.60. The number of fused-ring (bicyclic) bond motifs is 5. The van der Waals surface area contributed by atoms with Crippen LogP contribution in [0.2, 0.25) is 0 Å². The summed E-state index contributed by atoms with van der Waals surface area (Å²) in [6.45, 7) is 4.04. The topological polar surface area (TPSA) is 70.5 Å². The number of hydrogen-bond acceptors (Lipinski definition) is 4. The Hall–Kier alpha value is -2.04. The molecule has 0 spiro atoms. The lowest BCUT2D eigenvalue weighted by molar-refractivity contribution is -0.114. The molecule has 0 atom stereocenters. The largest absolute Gasteiger partial charge is 0.437 e. The Kier molecular flexibility index (Phi) is 1.96. The van der Waals surface area contributed by atoms with E-state index in [1.807, 2.05) is 50.2 Å². The summed E-state index contributed by atoms with van der Waals surface area (Å²) in [5, 5.41) is 0. The van der Waals surface area contributed by atoms with Gasteiger partial charge in [0.2, 0.25) is 0 Å². The van der Waals surface area contributed by atoms with E-state index < -0.39 is 11.4 Å². The molecule has 0 aromatic heterocycles. The average Bonchev–Trinajstić information content (AvgIpc) is 2.74. The van der Waals surface area contributed by atoms with Crippen molar-refractivity contribution in [3.63, 3.8) is 0 Å². The van der Waals surface area contributed by atoms with Gasteiger partial charge in [0.1, 0.15) is 11.5 Å². The predicted molar refractivity (Wildman–Crippen MR) is 75.5 cm³/mol. The molecule has 2 aliphatic heterocycles. The minimum absolute atomic E-state index is 0.688. The standard InChI is InChI=1S/C16H16N2O2/c1-9-3-5-13-11(7-9)15(17)12-8-10(2)4-6-14(12)20-16(15,18)19-13/h3-8H,17-18H2,1-2H3. The minimum atomic E-state index is -1.38. The van der Waals surface area contributed by atoms with Crippen LogP contribution in [0, 0.1) is 13.8 Å². The lowest BCUT2D eigenvalue weighted by Crippen LogP contribution is -2.64. The zero-order chi connectivity index (χ0) is 14.1. The van der Waals surface area contributed by atoms with Crippen LogP contribution in [0.5, 0.6) is 11.5 Å². The van der Waals surface area contributed by atoms with Gasteiger partial charge in [-0.2, -0.15) is 0 Å². The molecule has 0 aliphatic carbocycles. The molecule has 20 heavy (non-hydrogen) atoms. The third-order valence-electron chi connectivity index (χ3n) is 4.19. The number of rotatable bonds is 0. The number of benzene rings is 2. The van der Waals surface area contributed by atoms with Crippen LogP contribution < -0.4 is 20.9 Å². The molecule has 0 fully saturated rings. The van der Waals surface area contributed by atoms with Gasteiger partial charge in [-0.15, -0.1) is 0 Å². The molecule has 4 N–H and O–H groups in total. The van der Waals surface area contributed by atoms with Crippen molar-refractivity contribution < 1.29 is 9.47 Å². The lowest BCUT2D eigenvalue weighted by atomic mass is 9.82. The van der Waals surface area contributed by atoms with Gasteiger partial charge in [-0.25, -0.2) is 0 Å². The molecule has 0 unspecified atom stereocenters. The first-order valence-electron chi connectivity index (χ1n) is 6.62. The predicted octanol–water partition coefficient (Wildman–Crippen LogP) is 1.90. The summed E-state index contributed by atoms with van der Waals surface area (Å²) < 4.78 is 11.7. The average molecular weight is 268 g/mol. The summed E-state index contributed by atoms with van der Waals surface area (Å²) in [5.74, 6) is -0.000266. The van der Waals surface area contributed by atoms with Gasteiger partial charge in [-0.3, -0.25) is 5.73 Å². The van der Waals surface area contributed by atoms with Crippen molar-refractivity contribution in [2.24, 2.45) is 11.5 Å². The molecule has 2 aromatic carbocycles. The Morgan fingerprint density at radius 1 is 0.800 bits per heavy atom. The van der Waals surface area contributed by atoms with Crippen LogP contribution in [0.3, 0.4) is 0 Å². The van der Waals surface area contributed by atoms with Gasteiger partial charge in [0.05, 0.1) is 0 Å². The first-order valence-corrected chi connectivity index (χ1v) is 6.62. The minimum Gasteiger partial charge on any atom is -0.437 e. The van der Waals surface area contributed by atoms with Crippen LogP contribution in [-0.2, 0) is 5.54 Å². The molecule has 2 aliphatic rings. The van der Waals surface area contributed by atoms with Crippen molar-refractivity contribution in [2.45, 2.75) is 25.3 Å². The monoisotopic (exact) mass is 268 g/mol. The van der Waals surface area contributed by atoms with Crippen molar-refractivity contribution in [2.75, 3.05) is 0 Å². The Balaban J connectivity index is 2.05.